The SMILES string of the molecule is CCCC(O)(C#CC1(CC)OC1C)CCC. The molecular weight excluding hydrogens is 200 g/mol. The molecule has 1 aliphatic heterocycles. The van der Waals surface area contributed by atoms with Gasteiger partial charge in [0.15, 0.2) is 5.60 Å². The van der Waals surface area contributed by atoms with E-state index < -0.39 is 5.60 Å². The van der Waals surface area contributed by atoms with E-state index in [2.05, 4.69) is 32.6 Å². The van der Waals surface area contributed by atoms with Crippen molar-refractivity contribution in [2.45, 2.75) is 77.1 Å². The summed E-state index contributed by atoms with van der Waals surface area (Å²) in [6.07, 6.45) is 4.54. The second-order valence-electron chi connectivity index (χ2n) is 4.78. The van der Waals surface area contributed by atoms with Crippen molar-refractivity contribution in [3.8, 4) is 11.8 Å². The number of aliphatic hydroxyl groups is 1. The Morgan fingerprint density at radius 2 is 1.75 bits per heavy atom. The summed E-state index contributed by atoms with van der Waals surface area (Å²) in [5.41, 5.74) is -1.08. The fourth-order valence-corrected chi connectivity index (χ4v) is 2.17. The zero-order valence-corrected chi connectivity index (χ0v) is 11.0. The molecule has 16 heavy (non-hydrogen) atoms. The first-order valence-corrected chi connectivity index (χ1v) is 6.46. The third-order valence-electron chi connectivity index (χ3n) is 3.35. The van der Waals surface area contributed by atoms with E-state index in [-0.39, 0.29) is 11.7 Å². The van der Waals surface area contributed by atoms with Crippen molar-refractivity contribution in [3.63, 3.8) is 0 Å². The van der Waals surface area contributed by atoms with Gasteiger partial charge in [-0.3, -0.25) is 0 Å². The van der Waals surface area contributed by atoms with E-state index in [0.29, 0.717) is 0 Å². The molecule has 1 rings (SSSR count). The number of epoxide rings is 1. The third kappa shape index (κ3) is 2.99. The maximum Gasteiger partial charge on any atom is 0.154 e. The normalized spacial score (nSPS) is 28.4. The molecule has 2 nitrogen and oxygen atoms in total. The van der Waals surface area contributed by atoms with Gasteiger partial charge in [0.05, 0.1) is 6.10 Å². The number of hydrogen-bond donors (Lipinski definition) is 1. The molecule has 0 aromatic heterocycles. The molecule has 1 aliphatic rings. The molecule has 1 N–H and O–H groups in total. The van der Waals surface area contributed by atoms with Crippen LogP contribution < -0.4 is 0 Å². The molecule has 2 unspecified atom stereocenters. The smallest absolute Gasteiger partial charge is 0.154 e. The van der Waals surface area contributed by atoms with Crippen LogP contribution in [0.15, 0.2) is 0 Å². The second-order valence-corrected chi connectivity index (χ2v) is 4.78. The fraction of sp³-hybridized carbons (Fsp3) is 0.857. The van der Waals surface area contributed by atoms with Gasteiger partial charge < -0.3 is 9.84 Å². The van der Waals surface area contributed by atoms with E-state index in [1.54, 1.807) is 0 Å². The van der Waals surface area contributed by atoms with Gasteiger partial charge in [0.25, 0.3) is 0 Å². The van der Waals surface area contributed by atoms with Gasteiger partial charge in [0.1, 0.15) is 5.60 Å². The Balaban J connectivity index is 2.71. The Kier molecular flexibility index (Phi) is 4.41. The molecule has 0 saturated carbocycles. The monoisotopic (exact) mass is 224 g/mol. The Bertz CT molecular complexity index is 277. The highest BCUT2D eigenvalue weighted by molar-refractivity contribution is 5.28. The van der Waals surface area contributed by atoms with Crippen LogP contribution in [-0.2, 0) is 4.74 Å². The van der Waals surface area contributed by atoms with Crippen molar-refractivity contribution < 1.29 is 9.84 Å². The minimum atomic E-state index is -0.808. The largest absolute Gasteiger partial charge is 0.378 e. The van der Waals surface area contributed by atoms with Crippen molar-refractivity contribution in [2.75, 3.05) is 0 Å². The van der Waals surface area contributed by atoms with Gasteiger partial charge in [-0.1, -0.05) is 45.5 Å². The molecule has 0 amide bonds. The van der Waals surface area contributed by atoms with Crippen molar-refractivity contribution in [1.82, 2.24) is 0 Å². The first-order chi connectivity index (χ1) is 7.52. The van der Waals surface area contributed by atoms with Crippen LogP contribution in [0, 0.1) is 11.8 Å². The topological polar surface area (TPSA) is 32.8 Å². The summed E-state index contributed by atoms with van der Waals surface area (Å²) in [7, 11) is 0. The Morgan fingerprint density at radius 3 is 2.06 bits per heavy atom. The zero-order valence-electron chi connectivity index (χ0n) is 11.0. The van der Waals surface area contributed by atoms with Gasteiger partial charge in [0, 0.05) is 0 Å². The van der Waals surface area contributed by atoms with E-state index in [4.69, 9.17) is 4.74 Å². The Morgan fingerprint density at radius 1 is 1.25 bits per heavy atom. The predicted octanol–water partition coefficient (Wildman–Crippen LogP) is 2.89. The molecule has 92 valence electrons. The lowest BCUT2D eigenvalue weighted by Crippen LogP contribution is -2.27. The maximum atomic E-state index is 10.4. The van der Waals surface area contributed by atoms with E-state index in [0.717, 1.165) is 32.1 Å². The van der Waals surface area contributed by atoms with Gasteiger partial charge >= 0.3 is 0 Å². The highest BCUT2D eigenvalue weighted by atomic mass is 16.6. The molecule has 2 atom stereocenters. The van der Waals surface area contributed by atoms with Crippen molar-refractivity contribution in [2.24, 2.45) is 0 Å². The molecule has 2 heteroatoms. The van der Waals surface area contributed by atoms with Crippen LogP contribution in [0.5, 0.6) is 0 Å². The molecule has 1 saturated heterocycles. The van der Waals surface area contributed by atoms with Gasteiger partial charge in [-0.25, -0.2) is 0 Å². The predicted molar refractivity (Wildman–Crippen MR) is 66.1 cm³/mol. The Labute approximate surface area is 99.4 Å². The van der Waals surface area contributed by atoms with Crippen LogP contribution in [-0.4, -0.2) is 22.4 Å². The molecular formula is C14H24O2. The van der Waals surface area contributed by atoms with Crippen LogP contribution >= 0.6 is 0 Å². The minimum Gasteiger partial charge on any atom is -0.378 e. The standard InChI is InChI=1S/C14H24O2/c1-5-8-13(15,9-6-2)10-11-14(7-3)12(4)16-14/h12,15H,5-9H2,1-4H3. The van der Waals surface area contributed by atoms with Crippen molar-refractivity contribution in [3.05, 3.63) is 0 Å². The highest BCUT2D eigenvalue weighted by Crippen LogP contribution is 2.38. The van der Waals surface area contributed by atoms with Crippen molar-refractivity contribution >= 4 is 0 Å². The van der Waals surface area contributed by atoms with E-state index in [1.807, 2.05) is 6.92 Å². The van der Waals surface area contributed by atoms with Gasteiger partial charge in [-0.05, 0) is 26.2 Å². The van der Waals surface area contributed by atoms with E-state index >= 15 is 0 Å². The number of ether oxygens (including phenoxy) is 1. The summed E-state index contributed by atoms with van der Waals surface area (Å²) in [5.74, 6) is 6.22. The molecule has 0 aromatic carbocycles. The second kappa shape index (κ2) is 5.21. The quantitative estimate of drug-likeness (QED) is 0.575. The summed E-state index contributed by atoms with van der Waals surface area (Å²) in [6.45, 7) is 8.27. The first kappa shape index (κ1) is 13.5. The summed E-state index contributed by atoms with van der Waals surface area (Å²) in [6, 6.07) is 0. The van der Waals surface area contributed by atoms with Crippen LogP contribution in [0.2, 0.25) is 0 Å². The van der Waals surface area contributed by atoms with E-state index in [1.165, 1.54) is 0 Å². The summed E-state index contributed by atoms with van der Waals surface area (Å²) < 4.78 is 5.52. The zero-order chi connectivity index (χ0) is 12.2. The summed E-state index contributed by atoms with van der Waals surface area (Å²) in [5, 5.41) is 10.4. The first-order valence-electron chi connectivity index (χ1n) is 6.46. The lowest BCUT2D eigenvalue weighted by molar-refractivity contribution is 0.0804. The summed E-state index contributed by atoms with van der Waals surface area (Å²) >= 11 is 0. The maximum absolute atomic E-state index is 10.4. The average Bonchev–Trinajstić information content (AvgIpc) is 2.88. The van der Waals surface area contributed by atoms with Gasteiger partial charge in [-0.15, -0.1) is 0 Å². The molecule has 0 aromatic rings. The number of rotatable bonds is 5. The van der Waals surface area contributed by atoms with Crippen LogP contribution in [0.3, 0.4) is 0 Å². The summed E-state index contributed by atoms with van der Waals surface area (Å²) in [4.78, 5) is 0. The molecule has 1 fully saturated rings. The van der Waals surface area contributed by atoms with Gasteiger partial charge in [0.2, 0.25) is 0 Å². The number of hydrogen-bond acceptors (Lipinski definition) is 2. The lowest BCUT2D eigenvalue weighted by atomic mass is 9.92. The molecule has 0 radical (unpaired) electrons. The Hall–Kier alpha value is -0.520. The van der Waals surface area contributed by atoms with E-state index in [9.17, 15) is 5.11 Å². The molecule has 1 heterocycles. The van der Waals surface area contributed by atoms with Crippen LogP contribution in [0.4, 0.5) is 0 Å². The fourth-order valence-electron chi connectivity index (χ4n) is 2.17. The molecule has 0 bridgehead atoms. The minimum absolute atomic E-state index is 0.220. The van der Waals surface area contributed by atoms with Crippen molar-refractivity contribution in [1.29, 1.82) is 0 Å². The third-order valence-corrected chi connectivity index (χ3v) is 3.35. The van der Waals surface area contributed by atoms with Crippen LogP contribution in [0.25, 0.3) is 0 Å². The lowest BCUT2D eigenvalue weighted by Gasteiger charge is -2.21. The molecule has 0 spiro atoms. The average molecular weight is 224 g/mol. The van der Waals surface area contributed by atoms with Gasteiger partial charge in [-0.2, -0.15) is 0 Å². The van der Waals surface area contributed by atoms with Crippen LogP contribution in [0.1, 0.15) is 59.8 Å². The molecule has 0 aliphatic carbocycles. The highest BCUT2D eigenvalue weighted by Gasteiger charge is 2.50.